The summed E-state index contributed by atoms with van der Waals surface area (Å²) in [6, 6.07) is 8.41. The first-order valence-electron chi connectivity index (χ1n) is 9.45. The van der Waals surface area contributed by atoms with Gasteiger partial charge in [0.05, 0.1) is 5.92 Å². The second kappa shape index (κ2) is 8.30. The molecule has 1 aromatic carbocycles. The molecule has 1 aromatic heterocycles. The summed E-state index contributed by atoms with van der Waals surface area (Å²) in [4.78, 5) is 36.3. The van der Waals surface area contributed by atoms with Crippen LogP contribution in [0.2, 0.25) is 0 Å². The van der Waals surface area contributed by atoms with Crippen LogP contribution in [0.1, 0.15) is 41.6 Å². The van der Waals surface area contributed by atoms with E-state index in [0.717, 1.165) is 5.56 Å². The van der Waals surface area contributed by atoms with Crippen LogP contribution in [0, 0.1) is 11.3 Å². The van der Waals surface area contributed by atoms with Crippen molar-refractivity contribution in [1.29, 1.82) is 5.41 Å². The molecule has 3 rings (SSSR count). The first-order valence-corrected chi connectivity index (χ1v) is 9.45. The summed E-state index contributed by atoms with van der Waals surface area (Å²) in [5.74, 6) is -1.65. The Bertz CT molecular complexity index is 1000. The average molecular weight is 396 g/mol. The molecule has 0 unspecified atom stereocenters. The molecule has 5 N–H and O–H groups in total. The number of amidine groups is 1. The molecule has 29 heavy (non-hydrogen) atoms. The number of amides is 1. The van der Waals surface area contributed by atoms with Gasteiger partial charge in [0, 0.05) is 24.8 Å². The quantitative estimate of drug-likeness (QED) is 0.450. The highest BCUT2D eigenvalue weighted by Crippen LogP contribution is 2.25. The molecule has 1 fully saturated rings. The molecule has 0 aliphatic heterocycles. The maximum atomic E-state index is 12.7. The predicted octanol–water partition coefficient (Wildman–Crippen LogP) is 1.71. The van der Waals surface area contributed by atoms with Gasteiger partial charge in [0.15, 0.2) is 0 Å². The van der Waals surface area contributed by atoms with Gasteiger partial charge >= 0.3 is 5.97 Å². The number of aliphatic carboxylic acids is 1. The van der Waals surface area contributed by atoms with Crippen molar-refractivity contribution >= 4 is 17.7 Å². The minimum atomic E-state index is -0.799. The minimum absolute atomic E-state index is 0.0327. The number of carboxylic acid groups (broad SMARTS) is 1. The molecule has 2 aromatic rings. The summed E-state index contributed by atoms with van der Waals surface area (Å²) in [7, 11) is 1.59. The molecular weight excluding hydrogens is 372 g/mol. The molecule has 1 amide bonds. The molecule has 1 saturated carbocycles. The third kappa shape index (κ3) is 4.53. The number of nitrogen functional groups attached to an aromatic ring is 1. The van der Waals surface area contributed by atoms with E-state index >= 15 is 0 Å². The number of carbonyl (C=O) groups is 2. The van der Waals surface area contributed by atoms with Crippen LogP contribution >= 0.6 is 0 Å². The van der Waals surface area contributed by atoms with Crippen LogP contribution in [-0.2, 0) is 11.8 Å². The van der Waals surface area contributed by atoms with Gasteiger partial charge in [0.25, 0.3) is 11.5 Å². The zero-order chi connectivity index (χ0) is 21.1. The van der Waals surface area contributed by atoms with E-state index in [1.165, 1.54) is 4.57 Å². The highest BCUT2D eigenvalue weighted by atomic mass is 16.4. The van der Waals surface area contributed by atoms with Crippen LogP contribution in [-0.4, -0.2) is 33.4 Å². The van der Waals surface area contributed by atoms with Gasteiger partial charge in [-0.1, -0.05) is 24.3 Å². The van der Waals surface area contributed by atoms with Gasteiger partial charge in [-0.05, 0) is 42.9 Å². The number of aromatic nitrogens is 1. The van der Waals surface area contributed by atoms with E-state index in [0.29, 0.717) is 36.8 Å². The fourth-order valence-corrected chi connectivity index (χ4v) is 3.62. The predicted molar refractivity (Wildman–Crippen MR) is 109 cm³/mol. The highest BCUT2D eigenvalue weighted by Gasteiger charge is 2.27. The van der Waals surface area contributed by atoms with Gasteiger partial charge in [-0.15, -0.1) is 0 Å². The molecule has 0 bridgehead atoms. The van der Waals surface area contributed by atoms with E-state index < -0.39 is 17.4 Å². The van der Waals surface area contributed by atoms with E-state index in [4.69, 9.17) is 16.2 Å². The number of hydrogen-bond donors (Lipinski definition) is 4. The maximum absolute atomic E-state index is 12.7. The van der Waals surface area contributed by atoms with Crippen molar-refractivity contribution in [3.8, 4) is 11.1 Å². The Hall–Kier alpha value is -3.42. The van der Waals surface area contributed by atoms with Crippen molar-refractivity contribution in [2.24, 2.45) is 18.7 Å². The van der Waals surface area contributed by atoms with Gasteiger partial charge in [-0.25, -0.2) is 0 Å². The lowest BCUT2D eigenvalue weighted by Crippen LogP contribution is -2.41. The lowest BCUT2D eigenvalue weighted by Gasteiger charge is -2.26. The molecular formula is C21H24N4O4. The third-order valence-electron chi connectivity index (χ3n) is 5.37. The smallest absolute Gasteiger partial charge is 0.306 e. The average Bonchev–Trinajstić information content (AvgIpc) is 2.70. The Morgan fingerprint density at radius 1 is 1.14 bits per heavy atom. The largest absolute Gasteiger partial charge is 0.481 e. The Kier molecular flexibility index (Phi) is 5.81. The number of carboxylic acids is 1. The van der Waals surface area contributed by atoms with E-state index in [2.05, 4.69) is 5.32 Å². The van der Waals surface area contributed by atoms with Gasteiger partial charge in [-0.2, -0.15) is 0 Å². The number of benzene rings is 1. The monoisotopic (exact) mass is 396 g/mol. The lowest BCUT2D eigenvalue weighted by molar-refractivity contribution is -0.142. The van der Waals surface area contributed by atoms with E-state index in [9.17, 15) is 14.4 Å². The van der Waals surface area contributed by atoms with E-state index in [1.54, 1.807) is 43.6 Å². The number of nitrogens with two attached hydrogens (primary N) is 1. The molecule has 8 nitrogen and oxygen atoms in total. The topological polar surface area (TPSA) is 138 Å². The van der Waals surface area contributed by atoms with Crippen LogP contribution in [0.15, 0.2) is 41.3 Å². The third-order valence-corrected chi connectivity index (χ3v) is 5.37. The van der Waals surface area contributed by atoms with Crippen molar-refractivity contribution < 1.29 is 14.7 Å². The van der Waals surface area contributed by atoms with Gasteiger partial charge in [0.1, 0.15) is 11.4 Å². The summed E-state index contributed by atoms with van der Waals surface area (Å²) in [6.45, 7) is 0. The van der Waals surface area contributed by atoms with Crippen LogP contribution in [0.4, 0.5) is 0 Å². The molecule has 0 spiro atoms. The summed E-state index contributed by atoms with van der Waals surface area (Å²) >= 11 is 0. The number of rotatable bonds is 5. The number of nitrogens with zero attached hydrogens (tertiary/aromatic N) is 1. The normalized spacial score (nSPS) is 18.8. The Morgan fingerprint density at radius 3 is 2.31 bits per heavy atom. The first-order chi connectivity index (χ1) is 13.8. The van der Waals surface area contributed by atoms with Crippen molar-refractivity contribution in [1.82, 2.24) is 9.88 Å². The number of carbonyl (C=O) groups excluding carboxylic acids is 1. The Balaban J connectivity index is 1.80. The molecule has 1 heterocycles. The molecule has 0 saturated heterocycles. The molecule has 1 aliphatic rings. The second-order valence-electron chi connectivity index (χ2n) is 7.41. The highest BCUT2D eigenvalue weighted by molar-refractivity contribution is 5.96. The molecule has 1 aliphatic carbocycles. The Labute approximate surface area is 167 Å². The second-order valence-corrected chi connectivity index (χ2v) is 7.41. The Morgan fingerprint density at radius 2 is 1.76 bits per heavy atom. The van der Waals surface area contributed by atoms with Crippen molar-refractivity contribution in [2.75, 3.05) is 0 Å². The lowest BCUT2D eigenvalue weighted by atomic mass is 9.86. The summed E-state index contributed by atoms with van der Waals surface area (Å²) in [5.41, 5.74) is 7.20. The first kappa shape index (κ1) is 20.3. The van der Waals surface area contributed by atoms with Crippen LogP contribution in [0.3, 0.4) is 0 Å². The minimum Gasteiger partial charge on any atom is -0.481 e. The van der Waals surface area contributed by atoms with E-state index in [-0.39, 0.29) is 23.4 Å². The van der Waals surface area contributed by atoms with Crippen molar-refractivity contribution in [2.45, 2.75) is 31.7 Å². The van der Waals surface area contributed by atoms with Crippen molar-refractivity contribution in [3.63, 3.8) is 0 Å². The molecule has 0 atom stereocenters. The molecule has 0 radical (unpaired) electrons. The number of hydrogen-bond acceptors (Lipinski definition) is 4. The maximum Gasteiger partial charge on any atom is 0.306 e. The zero-order valence-electron chi connectivity index (χ0n) is 16.1. The van der Waals surface area contributed by atoms with Gasteiger partial charge in [-0.3, -0.25) is 19.8 Å². The summed E-state index contributed by atoms with van der Waals surface area (Å²) in [6.07, 6.45) is 3.84. The fraction of sp³-hybridized carbons (Fsp3) is 0.333. The fourth-order valence-electron chi connectivity index (χ4n) is 3.62. The van der Waals surface area contributed by atoms with Crippen LogP contribution in [0.25, 0.3) is 11.1 Å². The van der Waals surface area contributed by atoms with Crippen LogP contribution in [0.5, 0.6) is 0 Å². The number of nitrogens with one attached hydrogen (secondary N) is 2. The number of pyridine rings is 1. The zero-order valence-corrected chi connectivity index (χ0v) is 16.1. The van der Waals surface area contributed by atoms with Crippen molar-refractivity contribution in [3.05, 3.63) is 58.0 Å². The number of aryl methyl sites for hydroxylation is 1. The van der Waals surface area contributed by atoms with E-state index in [1.807, 2.05) is 0 Å². The molecule has 152 valence electrons. The van der Waals surface area contributed by atoms with Gasteiger partial charge in [0.2, 0.25) is 0 Å². The SMILES string of the molecule is Cn1cc(-c2ccc(C(=N)N)cc2)cc(C(=O)N[C@H]2CC[C@H](C(=O)O)CC2)c1=O. The molecule has 8 heteroatoms. The van der Waals surface area contributed by atoms with Crippen LogP contribution < -0.4 is 16.6 Å². The summed E-state index contributed by atoms with van der Waals surface area (Å²) < 4.78 is 1.37. The standard InChI is InChI=1S/C21H24N4O4/c1-25-11-15(12-2-4-13(5-3-12)18(22)23)10-17(20(25)27)19(26)24-16-8-6-14(7-9-16)21(28)29/h2-5,10-11,14,16H,6-9H2,1H3,(H3,22,23)(H,24,26)(H,28,29)/t14-,16-. The summed E-state index contributed by atoms with van der Waals surface area (Å²) in [5, 5.41) is 19.4. The van der Waals surface area contributed by atoms with Gasteiger partial charge < -0.3 is 20.7 Å².